The van der Waals surface area contributed by atoms with Gasteiger partial charge in [-0.3, -0.25) is 0 Å². The second-order valence-corrected chi connectivity index (χ2v) is 4.02. The summed E-state index contributed by atoms with van der Waals surface area (Å²) in [5.74, 6) is -0.578. The van der Waals surface area contributed by atoms with E-state index in [1.165, 1.54) is 18.2 Å². The molecule has 1 heterocycles. The van der Waals surface area contributed by atoms with E-state index in [0.29, 0.717) is 22.6 Å². The Balaban J connectivity index is 2.19. The number of phenols is 1. The molecule has 94 valence electrons. The molecular formula is C14H9NO4. The molecule has 0 spiro atoms. The van der Waals surface area contributed by atoms with E-state index in [1.807, 2.05) is 0 Å². The fraction of sp³-hybridized carbons (Fsp3) is 0. The van der Waals surface area contributed by atoms with Crippen molar-refractivity contribution in [2.75, 3.05) is 0 Å². The third-order valence-electron chi connectivity index (χ3n) is 2.76. The second-order valence-electron chi connectivity index (χ2n) is 4.02. The molecule has 0 amide bonds. The maximum absolute atomic E-state index is 11.1. The van der Waals surface area contributed by atoms with Gasteiger partial charge in [0.25, 0.3) is 0 Å². The van der Waals surface area contributed by atoms with E-state index in [4.69, 9.17) is 9.52 Å². The Kier molecular flexibility index (Phi) is 2.45. The number of carbonyl (C=O) groups is 1. The number of hydrogen-bond acceptors (Lipinski definition) is 4. The van der Waals surface area contributed by atoms with Crippen molar-refractivity contribution in [3.63, 3.8) is 0 Å². The molecule has 19 heavy (non-hydrogen) atoms. The average Bonchev–Trinajstić information content (AvgIpc) is 2.82. The molecule has 0 unspecified atom stereocenters. The number of oxazole rings is 1. The number of fused-ring (bicyclic) bond motifs is 1. The fourth-order valence-electron chi connectivity index (χ4n) is 1.85. The highest BCUT2D eigenvalue weighted by molar-refractivity contribution is 6.00. The van der Waals surface area contributed by atoms with Gasteiger partial charge in [0.2, 0.25) is 5.89 Å². The van der Waals surface area contributed by atoms with Crippen molar-refractivity contribution in [1.29, 1.82) is 0 Å². The topological polar surface area (TPSA) is 83.6 Å². The molecule has 0 saturated heterocycles. The third-order valence-corrected chi connectivity index (χ3v) is 2.76. The van der Waals surface area contributed by atoms with Crippen LogP contribution >= 0.6 is 0 Å². The Morgan fingerprint density at radius 2 is 1.84 bits per heavy atom. The summed E-state index contributed by atoms with van der Waals surface area (Å²) in [6.07, 6.45) is 0. The normalized spacial score (nSPS) is 10.7. The molecule has 0 aliphatic heterocycles. The molecule has 0 bridgehead atoms. The molecule has 5 heteroatoms. The minimum atomic E-state index is -1.05. The van der Waals surface area contributed by atoms with Gasteiger partial charge in [-0.05, 0) is 36.4 Å². The molecule has 3 rings (SSSR count). The van der Waals surface area contributed by atoms with Crippen LogP contribution < -0.4 is 0 Å². The lowest BCUT2D eigenvalue weighted by molar-refractivity contribution is 0.0699. The summed E-state index contributed by atoms with van der Waals surface area (Å²) >= 11 is 0. The second kappa shape index (κ2) is 4.13. The van der Waals surface area contributed by atoms with Gasteiger partial charge in [0.15, 0.2) is 5.58 Å². The molecule has 0 saturated carbocycles. The van der Waals surface area contributed by atoms with Gasteiger partial charge in [-0.2, -0.15) is 0 Å². The summed E-state index contributed by atoms with van der Waals surface area (Å²) in [5.41, 5.74) is 1.51. The minimum absolute atomic E-state index is 0.103. The van der Waals surface area contributed by atoms with Gasteiger partial charge in [-0.25, -0.2) is 9.78 Å². The Bertz CT molecular complexity index is 759. The summed E-state index contributed by atoms with van der Waals surface area (Å²) in [6, 6.07) is 11.1. The maximum atomic E-state index is 11.1. The molecule has 0 aliphatic carbocycles. The lowest BCUT2D eigenvalue weighted by Gasteiger charge is -1.94. The lowest BCUT2D eigenvalue weighted by atomic mass is 10.2. The van der Waals surface area contributed by atoms with Gasteiger partial charge in [-0.15, -0.1) is 0 Å². The van der Waals surface area contributed by atoms with Crippen LogP contribution in [0.25, 0.3) is 22.6 Å². The van der Waals surface area contributed by atoms with Crippen LogP contribution in [0, 0.1) is 0 Å². The van der Waals surface area contributed by atoms with E-state index < -0.39 is 5.97 Å². The van der Waals surface area contributed by atoms with Crippen molar-refractivity contribution in [2.24, 2.45) is 0 Å². The number of hydrogen-bond donors (Lipinski definition) is 2. The zero-order valence-corrected chi connectivity index (χ0v) is 9.70. The first-order chi connectivity index (χ1) is 9.15. The molecule has 0 atom stereocenters. The number of benzene rings is 2. The summed E-state index contributed by atoms with van der Waals surface area (Å²) < 4.78 is 5.53. The summed E-state index contributed by atoms with van der Waals surface area (Å²) in [7, 11) is 0. The number of aromatic carboxylic acids is 1. The smallest absolute Gasteiger partial charge is 0.338 e. The average molecular weight is 255 g/mol. The van der Waals surface area contributed by atoms with Crippen LogP contribution in [-0.4, -0.2) is 21.2 Å². The third kappa shape index (κ3) is 1.91. The molecule has 0 fully saturated rings. The standard InChI is InChI=1S/C14H9NO4/c16-9-6-4-8(5-7-9)13-15-12-10(14(17)18)2-1-3-11(12)19-13/h1-7,16H,(H,17,18). The minimum Gasteiger partial charge on any atom is -0.508 e. The van der Waals surface area contributed by atoms with Crippen molar-refractivity contribution >= 4 is 17.1 Å². The van der Waals surface area contributed by atoms with E-state index in [-0.39, 0.29) is 11.3 Å². The van der Waals surface area contributed by atoms with Crippen molar-refractivity contribution in [1.82, 2.24) is 4.98 Å². The first kappa shape index (κ1) is 11.3. The molecule has 0 radical (unpaired) electrons. The number of aromatic hydroxyl groups is 1. The first-order valence-corrected chi connectivity index (χ1v) is 5.57. The van der Waals surface area contributed by atoms with Crippen LogP contribution in [0.15, 0.2) is 46.9 Å². The maximum Gasteiger partial charge on any atom is 0.338 e. The Morgan fingerprint density at radius 1 is 1.11 bits per heavy atom. The van der Waals surface area contributed by atoms with Crippen molar-refractivity contribution in [3.05, 3.63) is 48.0 Å². The predicted molar refractivity (Wildman–Crippen MR) is 68.1 cm³/mol. The molecule has 1 aromatic heterocycles. The number of rotatable bonds is 2. The van der Waals surface area contributed by atoms with E-state index in [1.54, 1.807) is 24.3 Å². The van der Waals surface area contributed by atoms with Gasteiger partial charge in [0.1, 0.15) is 11.3 Å². The lowest BCUT2D eigenvalue weighted by Crippen LogP contribution is -1.96. The van der Waals surface area contributed by atoms with Gasteiger partial charge in [0.05, 0.1) is 5.56 Å². The summed E-state index contributed by atoms with van der Waals surface area (Å²) in [4.78, 5) is 15.3. The summed E-state index contributed by atoms with van der Waals surface area (Å²) in [5, 5.41) is 18.3. The van der Waals surface area contributed by atoms with E-state index in [0.717, 1.165) is 0 Å². The van der Waals surface area contributed by atoms with Crippen LogP contribution in [0.2, 0.25) is 0 Å². The van der Waals surface area contributed by atoms with Crippen LogP contribution in [-0.2, 0) is 0 Å². The van der Waals surface area contributed by atoms with Crippen LogP contribution in [0.4, 0.5) is 0 Å². The quantitative estimate of drug-likeness (QED) is 0.735. The number of para-hydroxylation sites is 1. The van der Waals surface area contributed by atoms with Gasteiger partial charge < -0.3 is 14.6 Å². The van der Waals surface area contributed by atoms with Gasteiger partial charge in [0, 0.05) is 5.56 Å². The molecule has 2 aromatic carbocycles. The molecular weight excluding hydrogens is 246 g/mol. The Labute approximate surface area is 107 Å². The zero-order valence-electron chi connectivity index (χ0n) is 9.70. The van der Waals surface area contributed by atoms with Crippen LogP contribution in [0.3, 0.4) is 0 Å². The molecule has 2 N–H and O–H groups in total. The molecule has 3 aromatic rings. The number of aromatic nitrogens is 1. The van der Waals surface area contributed by atoms with E-state index >= 15 is 0 Å². The zero-order chi connectivity index (χ0) is 13.4. The van der Waals surface area contributed by atoms with Gasteiger partial charge in [-0.1, -0.05) is 6.07 Å². The Morgan fingerprint density at radius 3 is 2.53 bits per heavy atom. The highest BCUT2D eigenvalue weighted by Gasteiger charge is 2.15. The van der Waals surface area contributed by atoms with Crippen LogP contribution in [0.5, 0.6) is 5.75 Å². The van der Waals surface area contributed by atoms with Crippen molar-refractivity contribution < 1.29 is 19.4 Å². The largest absolute Gasteiger partial charge is 0.508 e. The van der Waals surface area contributed by atoms with Crippen molar-refractivity contribution in [2.45, 2.75) is 0 Å². The SMILES string of the molecule is O=C(O)c1cccc2oc(-c3ccc(O)cc3)nc12. The number of carboxylic acid groups (broad SMARTS) is 1. The highest BCUT2D eigenvalue weighted by atomic mass is 16.4. The van der Waals surface area contributed by atoms with E-state index in [9.17, 15) is 9.90 Å². The molecule has 0 aliphatic rings. The summed E-state index contributed by atoms with van der Waals surface area (Å²) in [6.45, 7) is 0. The monoisotopic (exact) mass is 255 g/mol. The number of nitrogens with zero attached hydrogens (tertiary/aromatic N) is 1. The van der Waals surface area contributed by atoms with Gasteiger partial charge >= 0.3 is 5.97 Å². The Hall–Kier alpha value is -2.82. The highest BCUT2D eigenvalue weighted by Crippen LogP contribution is 2.27. The fourth-order valence-corrected chi connectivity index (χ4v) is 1.85. The van der Waals surface area contributed by atoms with E-state index in [2.05, 4.69) is 4.98 Å². The molecule has 5 nitrogen and oxygen atoms in total. The van der Waals surface area contributed by atoms with Crippen molar-refractivity contribution in [3.8, 4) is 17.2 Å². The predicted octanol–water partition coefficient (Wildman–Crippen LogP) is 2.90. The first-order valence-electron chi connectivity index (χ1n) is 5.57. The number of phenolic OH excluding ortho intramolecular Hbond substituents is 1. The van der Waals surface area contributed by atoms with Crippen LogP contribution in [0.1, 0.15) is 10.4 Å². The number of carboxylic acids is 1.